The maximum Gasteiger partial charge on any atom is 0.343 e. The Morgan fingerprint density at radius 3 is 2.18 bits per heavy atom. The largest absolute Gasteiger partial charge is 0.423 e. The quantitative estimate of drug-likeness (QED) is 0.165. The van der Waals surface area contributed by atoms with Crippen LogP contribution in [0.25, 0.3) is 11.4 Å². The first-order chi connectivity index (χ1) is 16.1. The van der Waals surface area contributed by atoms with Gasteiger partial charge in [-0.1, -0.05) is 64.2 Å². The molecule has 0 amide bonds. The van der Waals surface area contributed by atoms with Crippen LogP contribution in [0.1, 0.15) is 80.3 Å². The molecule has 0 spiro atoms. The van der Waals surface area contributed by atoms with E-state index in [-0.39, 0.29) is 11.6 Å². The maximum absolute atomic E-state index is 14.3. The molecule has 0 saturated carbocycles. The Kier molecular flexibility index (Phi) is 9.55. The molecular weight excluding hydrogens is 415 g/mol. The van der Waals surface area contributed by atoms with E-state index in [2.05, 4.69) is 23.8 Å². The van der Waals surface area contributed by atoms with Gasteiger partial charge in [-0.25, -0.2) is 19.2 Å². The number of rotatable bonds is 12. The number of aromatic nitrogens is 2. The minimum Gasteiger partial charge on any atom is -0.423 e. The molecule has 1 heterocycles. The zero-order valence-corrected chi connectivity index (χ0v) is 19.6. The highest BCUT2D eigenvalue weighted by Gasteiger charge is 2.12. The van der Waals surface area contributed by atoms with E-state index < -0.39 is 5.97 Å². The molecule has 3 rings (SSSR count). The van der Waals surface area contributed by atoms with E-state index in [0.717, 1.165) is 43.2 Å². The van der Waals surface area contributed by atoms with Crippen LogP contribution in [0.4, 0.5) is 4.39 Å². The second-order valence-corrected chi connectivity index (χ2v) is 8.40. The SMILES string of the molecule is CCCCCCc1cnc(-c2ccc(C(=O)Oc3ccc(CCCCC)c(F)c3)cc2)nc1. The van der Waals surface area contributed by atoms with Crippen molar-refractivity contribution in [2.45, 2.75) is 71.6 Å². The van der Waals surface area contributed by atoms with Crippen LogP contribution in [-0.2, 0) is 12.8 Å². The Bertz CT molecular complexity index is 1020. The molecular formula is C28H33FN2O2. The van der Waals surface area contributed by atoms with E-state index >= 15 is 0 Å². The van der Waals surface area contributed by atoms with E-state index in [1.807, 2.05) is 12.4 Å². The molecule has 0 aliphatic rings. The van der Waals surface area contributed by atoms with Crippen LogP contribution in [0.15, 0.2) is 54.9 Å². The lowest BCUT2D eigenvalue weighted by molar-refractivity contribution is 0.0734. The zero-order chi connectivity index (χ0) is 23.5. The summed E-state index contributed by atoms with van der Waals surface area (Å²) >= 11 is 0. The summed E-state index contributed by atoms with van der Waals surface area (Å²) in [4.78, 5) is 21.4. The summed E-state index contributed by atoms with van der Waals surface area (Å²) in [7, 11) is 0. The molecule has 5 heteroatoms. The average Bonchev–Trinajstić information content (AvgIpc) is 2.84. The number of unbranched alkanes of at least 4 members (excludes halogenated alkanes) is 5. The molecule has 0 N–H and O–H groups in total. The zero-order valence-electron chi connectivity index (χ0n) is 19.6. The minimum atomic E-state index is -0.525. The highest BCUT2D eigenvalue weighted by molar-refractivity contribution is 5.91. The second-order valence-electron chi connectivity index (χ2n) is 8.40. The van der Waals surface area contributed by atoms with Crippen molar-refractivity contribution in [1.82, 2.24) is 9.97 Å². The Morgan fingerprint density at radius 2 is 1.52 bits per heavy atom. The van der Waals surface area contributed by atoms with Crippen molar-refractivity contribution < 1.29 is 13.9 Å². The molecule has 0 saturated heterocycles. The first-order valence-corrected chi connectivity index (χ1v) is 12.0. The highest BCUT2D eigenvalue weighted by Crippen LogP contribution is 2.21. The Morgan fingerprint density at radius 1 is 0.848 bits per heavy atom. The van der Waals surface area contributed by atoms with Gasteiger partial charge >= 0.3 is 5.97 Å². The molecule has 2 aromatic carbocycles. The molecule has 0 atom stereocenters. The van der Waals surface area contributed by atoms with Crippen molar-refractivity contribution in [3.63, 3.8) is 0 Å². The fraction of sp³-hybridized carbons (Fsp3) is 0.393. The second kappa shape index (κ2) is 12.8. The van der Waals surface area contributed by atoms with Crippen LogP contribution < -0.4 is 4.74 Å². The van der Waals surface area contributed by atoms with Crippen molar-refractivity contribution in [2.24, 2.45) is 0 Å². The van der Waals surface area contributed by atoms with Crippen molar-refractivity contribution in [1.29, 1.82) is 0 Å². The summed E-state index contributed by atoms with van der Waals surface area (Å²) in [6.07, 6.45) is 13.4. The van der Waals surface area contributed by atoms with Gasteiger partial charge in [0.1, 0.15) is 11.6 Å². The number of esters is 1. The van der Waals surface area contributed by atoms with Crippen molar-refractivity contribution in [3.05, 3.63) is 77.4 Å². The van der Waals surface area contributed by atoms with E-state index in [1.165, 1.54) is 25.3 Å². The molecule has 0 aliphatic heterocycles. The Balaban J connectivity index is 1.57. The van der Waals surface area contributed by atoms with E-state index in [9.17, 15) is 9.18 Å². The number of benzene rings is 2. The molecule has 4 nitrogen and oxygen atoms in total. The highest BCUT2D eigenvalue weighted by atomic mass is 19.1. The van der Waals surface area contributed by atoms with Crippen molar-refractivity contribution in [2.75, 3.05) is 0 Å². The summed E-state index contributed by atoms with van der Waals surface area (Å²) in [6.45, 7) is 4.32. The molecule has 1 aromatic heterocycles. The van der Waals surface area contributed by atoms with Crippen molar-refractivity contribution >= 4 is 5.97 Å². The normalized spacial score (nSPS) is 10.9. The third kappa shape index (κ3) is 7.48. The van der Waals surface area contributed by atoms with Crippen LogP contribution in [0.3, 0.4) is 0 Å². The summed E-state index contributed by atoms with van der Waals surface area (Å²) < 4.78 is 19.7. The fourth-order valence-corrected chi connectivity index (χ4v) is 3.67. The maximum atomic E-state index is 14.3. The third-order valence-corrected chi connectivity index (χ3v) is 5.69. The molecule has 0 bridgehead atoms. The van der Waals surface area contributed by atoms with E-state index in [4.69, 9.17) is 4.74 Å². The first kappa shape index (κ1) is 24.6. The lowest BCUT2D eigenvalue weighted by Crippen LogP contribution is -2.09. The van der Waals surface area contributed by atoms with Gasteiger partial charge in [0.05, 0.1) is 5.56 Å². The summed E-state index contributed by atoms with van der Waals surface area (Å²) in [5.74, 6) is -0.0348. The van der Waals surface area contributed by atoms with E-state index in [1.54, 1.807) is 36.4 Å². The van der Waals surface area contributed by atoms with Crippen LogP contribution >= 0.6 is 0 Å². The van der Waals surface area contributed by atoms with E-state index in [0.29, 0.717) is 23.4 Å². The molecule has 0 fully saturated rings. The van der Waals surface area contributed by atoms with Gasteiger partial charge in [-0.15, -0.1) is 0 Å². The van der Waals surface area contributed by atoms with Gasteiger partial charge in [0.15, 0.2) is 5.82 Å². The summed E-state index contributed by atoms with van der Waals surface area (Å²) in [5.41, 5.74) is 3.00. The third-order valence-electron chi connectivity index (χ3n) is 5.69. The van der Waals surface area contributed by atoms with Gasteiger partial charge in [0.2, 0.25) is 0 Å². The first-order valence-electron chi connectivity index (χ1n) is 12.0. The number of hydrogen-bond donors (Lipinski definition) is 0. The number of carbonyl (C=O) groups excluding carboxylic acids is 1. The van der Waals surface area contributed by atoms with Crippen molar-refractivity contribution in [3.8, 4) is 17.1 Å². The predicted octanol–water partition coefficient (Wildman–Crippen LogP) is 7.36. The predicted molar refractivity (Wildman–Crippen MR) is 130 cm³/mol. The molecule has 3 aromatic rings. The van der Waals surface area contributed by atoms with Gasteiger partial charge in [0, 0.05) is 24.0 Å². The molecule has 174 valence electrons. The molecule has 33 heavy (non-hydrogen) atoms. The fourth-order valence-electron chi connectivity index (χ4n) is 3.67. The van der Waals surface area contributed by atoms with Gasteiger partial charge in [-0.05, 0) is 55.0 Å². The Hall–Kier alpha value is -3.08. The van der Waals surface area contributed by atoms with Crippen LogP contribution in [0, 0.1) is 5.82 Å². The van der Waals surface area contributed by atoms with Crippen LogP contribution in [0.5, 0.6) is 5.75 Å². The van der Waals surface area contributed by atoms with Gasteiger partial charge in [-0.3, -0.25) is 0 Å². The monoisotopic (exact) mass is 448 g/mol. The van der Waals surface area contributed by atoms with Gasteiger partial charge < -0.3 is 4.74 Å². The summed E-state index contributed by atoms with van der Waals surface area (Å²) in [5, 5.41) is 0. The average molecular weight is 449 g/mol. The lowest BCUT2D eigenvalue weighted by Gasteiger charge is -2.08. The number of carbonyl (C=O) groups is 1. The molecule has 0 radical (unpaired) electrons. The van der Waals surface area contributed by atoms with Gasteiger partial charge in [-0.2, -0.15) is 0 Å². The summed E-state index contributed by atoms with van der Waals surface area (Å²) in [6, 6.07) is 11.6. The number of aryl methyl sites for hydroxylation is 2. The smallest absolute Gasteiger partial charge is 0.343 e. The number of hydrogen-bond acceptors (Lipinski definition) is 4. The lowest BCUT2D eigenvalue weighted by atomic mass is 10.1. The number of nitrogens with zero attached hydrogens (tertiary/aromatic N) is 2. The number of ether oxygens (including phenoxy) is 1. The molecule has 0 aliphatic carbocycles. The topological polar surface area (TPSA) is 52.1 Å². The van der Waals surface area contributed by atoms with Gasteiger partial charge in [0.25, 0.3) is 0 Å². The molecule has 0 unspecified atom stereocenters. The Labute approximate surface area is 196 Å². The van der Waals surface area contributed by atoms with Crippen LogP contribution in [-0.4, -0.2) is 15.9 Å². The number of halogens is 1. The minimum absolute atomic E-state index is 0.207. The standard InChI is InChI=1S/C28H33FN2O2/c1-3-5-7-9-10-21-19-30-27(31-20-21)23-12-14-24(15-13-23)28(32)33-25-17-16-22(26(29)18-25)11-8-6-4-2/h12-20H,3-11H2,1-2H3. The van der Waals surface area contributed by atoms with Crippen LogP contribution in [0.2, 0.25) is 0 Å².